The van der Waals surface area contributed by atoms with Gasteiger partial charge in [0.25, 0.3) is 0 Å². The van der Waals surface area contributed by atoms with Crippen molar-refractivity contribution < 1.29 is 9.13 Å². The number of nitrogens with two attached hydrogens (primary N) is 1. The molecule has 0 spiro atoms. The maximum Gasteiger partial charge on any atom is 0.132 e. The summed E-state index contributed by atoms with van der Waals surface area (Å²) in [4.78, 5) is 0. The van der Waals surface area contributed by atoms with Gasteiger partial charge in [-0.2, -0.15) is 0 Å². The highest BCUT2D eigenvalue weighted by molar-refractivity contribution is 6.30. The first kappa shape index (κ1) is 12.9. The van der Waals surface area contributed by atoms with E-state index in [1.54, 1.807) is 37.3 Å². The Bertz CT molecular complexity index is 557. The third kappa shape index (κ3) is 3.00. The summed E-state index contributed by atoms with van der Waals surface area (Å²) < 4.78 is 18.9. The molecule has 0 aliphatic rings. The zero-order valence-electron chi connectivity index (χ0n) is 9.86. The standard InChI is InChI=1S/C14H13ClFNO/c1-9(17)13-8-11(16)5-6-14(13)18-12-4-2-3-10(15)7-12/h2-9H,17H2,1H3/t9-/m0/s1. The molecule has 0 heterocycles. The maximum atomic E-state index is 13.2. The number of hydrogen-bond donors (Lipinski definition) is 1. The Morgan fingerprint density at radius 2 is 2.00 bits per heavy atom. The third-order valence-electron chi connectivity index (χ3n) is 2.49. The molecule has 18 heavy (non-hydrogen) atoms. The van der Waals surface area contributed by atoms with Crippen molar-refractivity contribution in [2.45, 2.75) is 13.0 Å². The van der Waals surface area contributed by atoms with Crippen LogP contribution < -0.4 is 10.5 Å². The van der Waals surface area contributed by atoms with Crippen molar-refractivity contribution in [3.63, 3.8) is 0 Å². The molecule has 0 saturated heterocycles. The van der Waals surface area contributed by atoms with Crippen molar-refractivity contribution >= 4 is 11.6 Å². The fraction of sp³-hybridized carbons (Fsp3) is 0.143. The number of halogens is 2. The van der Waals surface area contributed by atoms with Gasteiger partial charge in [-0.3, -0.25) is 0 Å². The predicted octanol–water partition coefficient (Wildman–Crippen LogP) is 4.29. The Labute approximate surface area is 110 Å². The predicted molar refractivity (Wildman–Crippen MR) is 70.5 cm³/mol. The molecule has 0 bridgehead atoms. The van der Waals surface area contributed by atoms with Gasteiger partial charge >= 0.3 is 0 Å². The highest BCUT2D eigenvalue weighted by Crippen LogP contribution is 2.30. The molecule has 0 aliphatic carbocycles. The summed E-state index contributed by atoms with van der Waals surface area (Å²) in [6.07, 6.45) is 0. The molecule has 0 fully saturated rings. The van der Waals surface area contributed by atoms with Gasteiger partial charge in [0.15, 0.2) is 0 Å². The summed E-state index contributed by atoms with van der Waals surface area (Å²) in [7, 11) is 0. The topological polar surface area (TPSA) is 35.2 Å². The monoisotopic (exact) mass is 265 g/mol. The highest BCUT2D eigenvalue weighted by Gasteiger charge is 2.10. The fourth-order valence-corrected chi connectivity index (χ4v) is 1.81. The number of benzene rings is 2. The molecule has 94 valence electrons. The van der Waals surface area contributed by atoms with E-state index in [1.807, 2.05) is 0 Å². The Balaban J connectivity index is 2.34. The quantitative estimate of drug-likeness (QED) is 0.898. The van der Waals surface area contributed by atoms with Gasteiger partial charge in [-0.25, -0.2) is 4.39 Å². The summed E-state index contributed by atoms with van der Waals surface area (Å²) in [5, 5.41) is 0.581. The van der Waals surface area contributed by atoms with E-state index < -0.39 is 0 Å². The van der Waals surface area contributed by atoms with Crippen LogP contribution in [0, 0.1) is 5.82 Å². The SMILES string of the molecule is C[C@H](N)c1cc(F)ccc1Oc1cccc(Cl)c1. The van der Waals surface area contributed by atoms with Crippen LogP contribution in [0.25, 0.3) is 0 Å². The van der Waals surface area contributed by atoms with Gasteiger partial charge in [0.05, 0.1) is 0 Å². The van der Waals surface area contributed by atoms with Gasteiger partial charge in [0.1, 0.15) is 17.3 Å². The van der Waals surface area contributed by atoms with E-state index in [0.29, 0.717) is 22.1 Å². The van der Waals surface area contributed by atoms with Crippen molar-refractivity contribution in [1.29, 1.82) is 0 Å². The zero-order valence-corrected chi connectivity index (χ0v) is 10.6. The smallest absolute Gasteiger partial charge is 0.132 e. The number of rotatable bonds is 3. The van der Waals surface area contributed by atoms with E-state index in [1.165, 1.54) is 12.1 Å². The Kier molecular flexibility index (Phi) is 3.84. The molecule has 1 atom stereocenters. The minimum Gasteiger partial charge on any atom is -0.457 e. The summed E-state index contributed by atoms with van der Waals surface area (Å²) in [6.45, 7) is 1.78. The van der Waals surface area contributed by atoms with E-state index in [4.69, 9.17) is 22.1 Å². The minimum atomic E-state index is -0.333. The zero-order chi connectivity index (χ0) is 13.1. The Hall–Kier alpha value is -1.58. The van der Waals surface area contributed by atoms with Crippen LogP contribution in [0.3, 0.4) is 0 Å². The second kappa shape index (κ2) is 5.38. The minimum absolute atomic E-state index is 0.310. The average Bonchev–Trinajstić information content (AvgIpc) is 2.31. The van der Waals surface area contributed by atoms with E-state index in [9.17, 15) is 4.39 Å². The second-order valence-corrected chi connectivity index (χ2v) is 4.47. The van der Waals surface area contributed by atoms with E-state index >= 15 is 0 Å². The van der Waals surface area contributed by atoms with Crippen LogP contribution >= 0.6 is 11.6 Å². The first-order valence-corrected chi connectivity index (χ1v) is 5.92. The molecule has 0 amide bonds. The average molecular weight is 266 g/mol. The molecule has 0 aromatic heterocycles. The molecule has 0 aliphatic heterocycles. The summed E-state index contributed by atoms with van der Waals surface area (Å²) in [6, 6.07) is 11.0. The largest absolute Gasteiger partial charge is 0.457 e. The molecule has 0 unspecified atom stereocenters. The Morgan fingerprint density at radius 1 is 1.22 bits per heavy atom. The number of hydrogen-bond acceptors (Lipinski definition) is 2. The van der Waals surface area contributed by atoms with Gasteiger partial charge in [-0.05, 0) is 43.3 Å². The maximum absolute atomic E-state index is 13.2. The molecule has 4 heteroatoms. The second-order valence-electron chi connectivity index (χ2n) is 4.03. The van der Waals surface area contributed by atoms with Crippen LogP contribution in [0.1, 0.15) is 18.5 Å². The summed E-state index contributed by atoms with van der Waals surface area (Å²) >= 11 is 5.87. The van der Waals surface area contributed by atoms with Gasteiger partial charge in [-0.15, -0.1) is 0 Å². The first-order chi connectivity index (χ1) is 8.56. The van der Waals surface area contributed by atoms with Crippen LogP contribution in [-0.2, 0) is 0 Å². The highest BCUT2D eigenvalue weighted by atomic mass is 35.5. The van der Waals surface area contributed by atoms with Gasteiger partial charge in [-0.1, -0.05) is 17.7 Å². The lowest BCUT2D eigenvalue weighted by molar-refractivity contribution is 0.469. The van der Waals surface area contributed by atoms with Gasteiger partial charge < -0.3 is 10.5 Å². The van der Waals surface area contributed by atoms with Crippen molar-refractivity contribution in [1.82, 2.24) is 0 Å². The third-order valence-corrected chi connectivity index (χ3v) is 2.72. The van der Waals surface area contributed by atoms with Crippen LogP contribution in [0.4, 0.5) is 4.39 Å². The van der Waals surface area contributed by atoms with Gasteiger partial charge in [0, 0.05) is 16.6 Å². The fourth-order valence-electron chi connectivity index (χ4n) is 1.63. The molecule has 2 rings (SSSR count). The molecule has 0 saturated carbocycles. The first-order valence-electron chi connectivity index (χ1n) is 5.54. The van der Waals surface area contributed by atoms with E-state index in [2.05, 4.69) is 0 Å². The van der Waals surface area contributed by atoms with Crippen molar-refractivity contribution in [3.05, 3.63) is 58.9 Å². The van der Waals surface area contributed by atoms with Crippen LogP contribution in [0.5, 0.6) is 11.5 Å². The van der Waals surface area contributed by atoms with E-state index in [-0.39, 0.29) is 11.9 Å². The van der Waals surface area contributed by atoms with Gasteiger partial charge in [0.2, 0.25) is 0 Å². The van der Waals surface area contributed by atoms with Crippen molar-refractivity contribution in [3.8, 4) is 11.5 Å². The molecule has 2 aromatic carbocycles. The lowest BCUT2D eigenvalue weighted by Crippen LogP contribution is -2.07. The van der Waals surface area contributed by atoms with Crippen LogP contribution in [-0.4, -0.2) is 0 Å². The summed E-state index contributed by atoms with van der Waals surface area (Å²) in [5.41, 5.74) is 6.41. The van der Waals surface area contributed by atoms with Crippen molar-refractivity contribution in [2.75, 3.05) is 0 Å². The molecule has 2 N–H and O–H groups in total. The normalized spacial score (nSPS) is 12.2. The van der Waals surface area contributed by atoms with Crippen molar-refractivity contribution in [2.24, 2.45) is 5.73 Å². The molecule has 2 aromatic rings. The lowest BCUT2D eigenvalue weighted by Gasteiger charge is -2.14. The van der Waals surface area contributed by atoms with Crippen LogP contribution in [0.2, 0.25) is 5.02 Å². The molecular formula is C14H13ClFNO. The lowest BCUT2D eigenvalue weighted by atomic mass is 10.1. The molecular weight excluding hydrogens is 253 g/mol. The number of ether oxygens (including phenoxy) is 1. The molecule has 2 nitrogen and oxygen atoms in total. The van der Waals surface area contributed by atoms with Crippen LogP contribution in [0.15, 0.2) is 42.5 Å². The molecule has 0 radical (unpaired) electrons. The van der Waals surface area contributed by atoms with E-state index in [0.717, 1.165) is 0 Å². The Morgan fingerprint density at radius 3 is 2.67 bits per heavy atom. The summed E-state index contributed by atoms with van der Waals surface area (Å²) in [5.74, 6) is 0.797.